The van der Waals surface area contributed by atoms with E-state index in [0.29, 0.717) is 44.8 Å². The molecule has 0 saturated carbocycles. The van der Waals surface area contributed by atoms with Crippen LogP contribution in [0.15, 0.2) is 24.3 Å². The van der Waals surface area contributed by atoms with Crippen molar-refractivity contribution >= 4 is 24.4 Å². The Morgan fingerprint density at radius 1 is 1.20 bits per heavy atom. The van der Waals surface area contributed by atoms with E-state index in [9.17, 15) is 9.59 Å². The molecule has 0 aromatic heterocycles. The summed E-state index contributed by atoms with van der Waals surface area (Å²) in [6, 6.07) is 8.47. The average molecular weight is 367 g/mol. The van der Waals surface area contributed by atoms with E-state index in [-0.39, 0.29) is 24.4 Å². The molecule has 1 aliphatic heterocycles. The zero-order chi connectivity index (χ0) is 17.5. The number of carbonyl (C=O) groups excluding carboxylic acids is 2. The van der Waals surface area contributed by atoms with E-state index in [4.69, 9.17) is 15.7 Å². The van der Waals surface area contributed by atoms with Gasteiger partial charge in [-0.2, -0.15) is 5.26 Å². The number of nitrogens with zero attached hydrogens (tertiary/aromatic N) is 3. The summed E-state index contributed by atoms with van der Waals surface area (Å²) >= 11 is 0. The normalized spacial score (nSPS) is 14.9. The summed E-state index contributed by atoms with van der Waals surface area (Å²) in [5, 5.41) is 8.79. The fraction of sp³-hybridized carbons (Fsp3) is 0.471. The molecule has 25 heavy (non-hydrogen) atoms. The molecule has 0 bridgehead atoms. The lowest BCUT2D eigenvalue weighted by Gasteiger charge is -2.35. The largest absolute Gasteiger partial charge is 0.450 e. The summed E-state index contributed by atoms with van der Waals surface area (Å²) in [6.07, 6.45) is 0.0781. The highest BCUT2D eigenvalue weighted by molar-refractivity contribution is 5.85. The molecule has 7 nitrogen and oxygen atoms in total. The van der Waals surface area contributed by atoms with Crippen molar-refractivity contribution in [1.82, 2.24) is 9.80 Å². The Labute approximate surface area is 153 Å². The second kappa shape index (κ2) is 9.87. The highest BCUT2D eigenvalue weighted by Crippen LogP contribution is 2.09. The van der Waals surface area contributed by atoms with Crippen LogP contribution in [0.3, 0.4) is 0 Å². The highest BCUT2D eigenvalue weighted by Gasteiger charge is 2.27. The van der Waals surface area contributed by atoms with Gasteiger partial charge in [0, 0.05) is 26.2 Å². The Morgan fingerprint density at radius 2 is 1.76 bits per heavy atom. The van der Waals surface area contributed by atoms with Gasteiger partial charge in [0.05, 0.1) is 24.3 Å². The van der Waals surface area contributed by atoms with Crippen molar-refractivity contribution in [3.63, 3.8) is 0 Å². The van der Waals surface area contributed by atoms with Gasteiger partial charge in [-0.1, -0.05) is 12.1 Å². The number of nitriles is 1. The lowest BCUT2D eigenvalue weighted by atomic mass is 10.0. The van der Waals surface area contributed by atoms with Gasteiger partial charge < -0.3 is 20.3 Å². The van der Waals surface area contributed by atoms with E-state index in [1.165, 1.54) is 0 Å². The number of rotatable bonds is 4. The average Bonchev–Trinajstić information content (AvgIpc) is 2.62. The Balaban J connectivity index is 0.00000312. The SMILES string of the molecule is CCOC(=O)N1CCN(C(=O)C(N)Cc2ccc(C#N)cc2)CC1.Cl. The van der Waals surface area contributed by atoms with E-state index in [2.05, 4.69) is 6.07 Å². The van der Waals surface area contributed by atoms with Crippen LogP contribution in [-0.2, 0) is 16.0 Å². The predicted octanol–water partition coefficient (Wildman–Crippen LogP) is 1.15. The molecule has 1 fully saturated rings. The van der Waals surface area contributed by atoms with Gasteiger partial charge in [-0.05, 0) is 31.0 Å². The van der Waals surface area contributed by atoms with Gasteiger partial charge in [0.15, 0.2) is 0 Å². The van der Waals surface area contributed by atoms with Gasteiger partial charge >= 0.3 is 6.09 Å². The Morgan fingerprint density at radius 3 is 2.28 bits per heavy atom. The van der Waals surface area contributed by atoms with Crippen molar-refractivity contribution in [3.8, 4) is 6.07 Å². The molecule has 1 unspecified atom stereocenters. The summed E-state index contributed by atoms with van der Waals surface area (Å²) in [4.78, 5) is 27.4. The maximum atomic E-state index is 12.4. The fourth-order valence-corrected chi connectivity index (χ4v) is 2.62. The monoisotopic (exact) mass is 366 g/mol. The second-order valence-corrected chi connectivity index (χ2v) is 5.63. The summed E-state index contributed by atoms with van der Waals surface area (Å²) in [5.74, 6) is -0.122. The molecule has 136 valence electrons. The van der Waals surface area contributed by atoms with E-state index >= 15 is 0 Å². The molecule has 0 radical (unpaired) electrons. The number of hydrogen-bond acceptors (Lipinski definition) is 5. The minimum Gasteiger partial charge on any atom is -0.450 e. The quantitative estimate of drug-likeness (QED) is 0.861. The summed E-state index contributed by atoms with van der Waals surface area (Å²) in [6.45, 7) is 3.92. The maximum Gasteiger partial charge on any atom is 0.409 e. The van der Waals surface area contributed by atoms with E-state index in [1.807, 2.05) is 12.1 Å². The van der Waals surface area contributed by atoms with Gasteiger partial charge in [0.25, 0.3) is 0 Å². The van der Waals surface area contributed by atoms with Crippen LogP contribution in [0.4, 0.5) is 4.79 Å². The van der Waals surface area contributed by atoms with Gasteiger partial charge in [0.2, 0.25) is 5.91 Å². The van der Waals surface area contributed by atoms with Crippen LogP contribution in [0.25, 0.3) is 0 Å². The van der Waals surface area contributed by atoms with E-state index < -0.39 is 6.04 Å². The molecule has 0 spiro atoms. The van der Waals surface area contributed by atoms with Crippen LogP contribution < -0.4 is 5.73 Å². The Hall–Kier alpha value is -2.30. The van der Waals surface area contributed by atoms with Gasteiger partial charge in [-0.25, -0.2) is 4.79 Å². The number of hydrogen-bond donors (Lipinski definition) is 1. The van der Waals surface area contributed by atoms with Crippen molar-refractivity contribution in [2.75, 3.05) is 32.8 Å². The van der Waals surface area contributed by atoms with Crippen LogP contribution in [0.5, 0.6) is 0 Å². The first-order chi connectivity index (χ1) is 11.5. The number of halogens is 1. The molecular weight excluding hydrogens is 344 g/mol. The topological polar surface area (TPSA) is 99.7 Å². The Kier molecular flexibility index (Phi) is 8.19. The molecular formula is C17H23ClN4O3. The summed E-state index contributed by atoms with van der Waals surface area (Å²) in [5.41, 5.74) is 7.53. The molecule has 2 amide bonds. The number of carbonyl (C=O) groups is 2. The number of benzene rings is 1. The fourth-order valence-electron chi connectivity index (χ4n) is 2.62. The molecule has 8 heteroatoms. The number of amides is 2. The maximum absolute atomic E-state index is 12.4. The van der Waals surface area contributed by atoms with Crippen LogP contribution in [0, 0.1) is 11.3 Å². The smallest absolute Gasteiger partial charge is 0.409 e. The first-order valence-electron chi connectivity index (χ1n) is 8.00. The number of piperazine rings is 1. The molecule has 2 rings (SSSR count). The van der Waals surface area contributed by atoms with Crippen LogP contribution in [0.1, 0.15) is 18.1 Å². The van der Waals surface area contributed by atoms with Crippen LogP contribution in [-0.4, -0.2) is 60.6 Å². The molecule has 2 N–H and O–H groups in total. The van der Waals surface area contributed by atoms with E-state index in [0.717, 1.165) is 5.56 Å². The zero-order valence-electron chi connectivity index (χ0n) is 14.2. The number of nitrogens with two attached hydrogens (primary N) is 1. The molecule has 1 aromatic carbocycles. The van der Waals surface area contributed by atoms with Gasteiger partial charge in [-0.15, -0.1) is 12.4 Å². The summed E-state index contributed by atoms with van der Waals surface area (Å²) in [7, 11) is 0. The third kappa shape index (κ3) is 5.62. The molecule has 1 saturated heterocycles. The third-order valence-corrected chi connectivity index (χ3v) is 3.97. The first-order valence-corrected chi connectivity index (χ1v) is 8.00. The molecule has 1 atom stereocenters. The van der Waals surface area contributed by atoms with Gasteiger partial charge in [-0.3, -0.25) is 4.79 Å². The molecule has 0 aliphatic carbocycles. The molecule has 1 aromatic rings. The van der Waals surface area contributed by atoms with Crippen LogP contribution >= 0.6 is 12.4 Å². The standard InChI is InChI=1S/C17H22N4O3.ClH/c1-2-24-17(23)21-9-7-20(8-10-21)16(22)15(19)11-13-3-5-14(12-18)6-4-13;/h3-6,15H,2,7-11,19H2,1H3;1H. The minimum absolute atomic E-state index is 0. The molecule has 1 heterocycles. The lowest BCUT2D eigenvalue weighted by Crippen LogP contribution is -2.54. The predicted molar refractivity (Wildman–Crippen MR) is 95.3 cm³/mol. The second-order valence-electron chi connectivity index (χ2n) is 5.63. The van der Waals surface area contributed by atoms with Crippen molar-refractivity contribution in [3.05, 3.63) is 35.4 Å². The molecule has 1 aliphatic rings. The van der Waals surface area contributed by atoms with Crippen molar-refractivity contribution in [2.24, 2.45) is 5.73 Å². The van der Waals surface area contributed by atoms with Crippen LogP contribution in [0.2, 0.25) is 0 Å². The lowest BCUT2D eigenvalue weighted by molar-refractivity contribution is -0.134. The van der Waals surface area contributed by atoms with Crippen molar-refractivity contribution in [2.45, 2.75) is 19.4 Å². The van der Waals surface area contributed by atoms with E-state index in [1.54, 1.807) is 28.9 Å². The van der Waals surface area contributed by atoms with Crippen molar-refractivity contribution in [1.29, 1.82) is 5.26 Å². The first kappa shape index (κ1) is 20.7. The van der Waals surface area contributed by atoms with Gasteiger partial charge in [0.1, 0.15) is 0 Å². The Bertz CT molecular complexity index is 622. The number of ether oxygens (including phenoxy) is 1. The summed E-state index contributed by atoms with van der Waals surface area (Å²) < 4.78 is 4.96. The zero-order valence-corrected chi connectivity index (χ0v) is 15.0. The van der Waals surface area contributed by atoms with Crippen molar-refractivity contribution < 1.29 is 14.3 Å². The third-order valence-electron chi connectivity index (χ3n) is 3.97. The minimum atomic E-state index is -0.632. The highest BCUT2D eigenvalue weighted by atomic mass is 35.5.